The van der Waals surface area contributed by atoms with Gasteiger partial charge in [0.25, 0.3) is 0 Å². The number of amides is 1. The van der Waals surface area contributed by atoms with Gasteiger partial charge in [0.1, 0.15) is 5.75 Å². The van der Waals surface area contributed by atoms with Crippen molar-refractivity contribution in [3.8, 4) is 5.75 Å². The van der Waals surface area contributed by atoms with E-state index in [9.17, 15) is 13.6 Å². The highest BCUT2D eigenvalue weighted by atomic mass is 35.5. The van der Waals surface area contributed by atoms with E-state index in [0.29, 0.717) is 6.04 Å². The van der Waals surface area contributed by atoms with Gasteiger partial charge in [0.15, 0.2) is 0 Å². The molecule has 1 amide bonds. The van der Waals surface area contributed by atoms with E-state index in [1.165, 1.54) is 6.07 Å². The molecule has 1 unspecified atom stereocenters. The van der Waals surface area contributed by atoms with E-state index >= 15 is 0 Å². The van der Waals surface area contributed by atoms with Crippen molar-refractivity contribution < 1.29 is 18.3 Å². The predicted molar refractivity (Wildman–Crippen MR) is 87.5 cm³/mol. The second-order valence-corrected chi connectivity index (χ2v) is 5.29. The van der Waals surface area contributed by atoms with Crippen molar-refractivity contribution in [1.82, 2.24) is 10.2 Å². The minimum Gasteiger partial charge on any atom is -0.433 e. The molecule has 0 saturated carbocycles. The minimum absolute atomic E-state index is 0. The first-order valence-corrected chi connectivity index (χ1v) is 7.32. The molecule has 1 heterocycles. The van der Waals surface area contributed by atoms with Crippen LogP contribution in [-0.2, 0) is 4.79 Å². The van der Waals surface area contributed by atoms with Crippen molar-refractivity contribution in [1.29, 1.82) is 0 Å². The number of nitrogens with one attached hydrogen (secondary N) is 2. The largest absolute Gasteiger partial charge is 0.433 e. The van der Waals surface area contributed by atoms with Crippen LogP contribution in [0.3, 0.4) is 0 Å². The average Bonchev–Trinajstić information content (AvgIpc) is 2.49. The highest BCUT2D eigenvalue weighted by Crippen LogP contribution is 2.25. The number of ether oxygens (including phenoxy) is 1. The van der Waals surface area contributed by atoms with Crippen LogP contribution in [0.25, 0.3) is 0 Å². The van der Waals surface area contributed by atoms with Gasteiger partial charge in [0.2, 0.25) is 5.91 Å². The number of benzene rings is 1. The van der Waals surface area contributed by atoms with Gasteiger partial charge in [-0.2, -0.15) is 8.78 Å². The first-order chi connectivity index (χ1) is 10.6. The molecular formula is C15H22ClF2N3O2. The Labute approximate surface area is 140 Å². The lowest BCUT2D eigenvalue weighted by atomic mass is 10.1. The van der Waals surface area contributed by atoms with E-state index in [4.69, 9.17) is 0 Å². The molecule has 1 saturated heterocycles. The van der Waals surface area contributed by atoms with Crippen LogP contribution >= 0.6 is 12.4 Å². The molecule has 1 aromatic carbocycles. The van der Waals surface area contributed by atoms with E-state index in [-0.39, 0.29) is 36.3 Å². The van der Waals surface area contributed by atoms with Crippen molar-refractivity contribution in [2.45, 2.75) is 25.5 Å². The maximum atomic E-state index is 12.3. The number of likely N-dealkylation sites (tertiary alicyclic amines) is 1. The lowest BCUT2D eigenvalue weighted by molar-refractivity contribution is -0.117. The van der Waals surface area contributed by atoms with E-state index in [1.807, 2.05) is 7.05 Å². The van der Waals surface area contributed by atoms with Gasteiger partial charge < -0.3 is 15.4 Å². The zero-order valence-electron chi connectivity index (χ0n) is 12.9. The Morgan fingerprint density at radius 2 is 2.17 bits per heavy atom. The SMILES string of the molecule is CNC1CCCN(CC(=O)Nc2ccccc2OC(F)F)C1.Cl. The predicted octanol–water partition coefficient (Wildman–Crippen LogP) is 2.33. The normalized spacial score (nSPS) is 18.3. The summed E-state index contributed by atoms with van der Waals surface area (Å²) in [6.07, 6.45) is 2.13. The van der Waals surface area contributed by atoms with Crippen molar-refractivity contribution in [2.75, 3.05) is 32.0 Å². The molecule has 8 heteroatoms. The molecule has 2 N–H and O–H groups in total. The number of nitrogens with zero attached hydrogens (tertiary/aromatic N) is 1. The average molecular weight is 350 g/mol. The number of piperidine rings is 1. The van der Waals surface area contributed by atoms with Crippen LogP contribution in [0.15, 0.2) is 24.3 Å². The molecule has 23 heavy (non-hydrogen) atoms. The van der Waals surface area contributed by atoms with E-state index in [2.05, 4.69) is 20.3 Å². The van der Waals surface area contributed by atoms with Crippen LogP contribution in [0.5, 0.6) is 5.75 Å². The number of carbonyl (C=O) groups is 1. The Morgan fingerprint density at radius 3 is 2.87 bits per heavy atom. The number of carbonyl (C=O) groups excluding carboxylic acids is 1. The summed E-state index contributed by atoms with van der Waals surface area (Å²) in [5.41, 5.74) is 0.259. The van der Waals surface area contributed by atoms with Gasteiger partial charge in [-0.25, -0.2) is 0 Å². The summed E-state index contributed by atoms with van der Waals surface area (Å²) in [7, 11) is 1.91. The fraction of sp³-hybridized carbons (Fsp3) is 0.533. The van der Waals surface area contributed by atoms with Crippen LogP contribution in [0.2, 0.25) is 0 Å². The van der Waals surface area contributed by atoms with Crippen molar-refractivity contribution >= 4 is 24.0 Å². The Balaban J connectivity index is 0.00000264. The summed E-state index contributed by atoms with van der Waals surface area (Å²) in [6, 6.07) is 6.57. The molecule has 0 spiro atoms. The van der Waals surface area contributed by atoms with Crippen LogP contribution in [0.1, 0.15) is 12.8 Å². The smallest absolute Gasteiger partial charge is 0.387 e. The molecule has 0 radical (unpaired) electrons. The van der Waals surface area contributed by atoms with Gasteiger partial charge in [-0.3, -0.25) is 9.69 Å². The summed E-state index contributed by atoms with van der Waals surface area (Å²) in [6.45, 7) is -1.02. The van der Waals surface area contributed by atoms with Gasteiger partial charge in [-0.15, -0.1) is 12.4 Å². The fourth-order valence-corrected chi connectivity index (χ4v) is 2.60. The molecule has 0 aromatic heterocycles. The monoisotopic (exact) mass is 349 g/mol. The second-order valence-electron chi connectivity index (χ2n) is 5.29. The maximum Gasteiger partial charge on any atom is 0.387 e. The highest BCUT2D eigenvalue weighted by Gasteiger charge is 2.21. The van der Waals surface area contributed by atoms with Gasteiger partial charge in [0, 0.05) is 12.6 Å². The topological polar surface area (TPSA) is 53.6 Å². The number of halogens is 3. The minimum atomic E-state index is -2.92. The second kappa shape index (κ2) is 9.64. The first kappa shape index (κ1) is 19.6. The lowest BCUT2D eigenvalue weighted by Crippen LogP contribution is -2.46. The number of hydrogen-bond donors (Lipinski definition) is 2. The molecule has 2 rings (SSSR count). The molecule has 1 fully saturated rings. The lowest BCUT2D eigenvalue weighted by Gasteiger charge is -2.31. The van der Waals surface area contributed by atoms with Crippen LogP contribution in [0, 0.1) is 0 Å². The summed E-state index contributed by atoms with van der Waals surface area (Å²) in [4.78, 5) is 14.1. The van der Waals surface area contributed by atoms with E-state index in [1.54, 1.807) is 18.2 Å². The molecule has 0 bridgehead atoms. The number of rotatable bonds is 6. The Hall–Kier alpha value is -1.44. The summed E-state index contributed by atoms with van der Waals surface area (Å²) >= 11 is 0. The summed E-state index contributed by atoms with van der Waals surface area (Å²) < 4.78 is 29.1. The molecule has 130 valence electrons. The molecular weight excluding hydrogens is 328 g/mol. The standard InChI is InChI=1S/C15H21F2N3O2.ClH/c1-18-11-5-4-8-20(9-11)10-14(21)19-12-6-2-3-7-13(12)22-15(16)17;/h2-3,6-7,11,15,18H,4-5,8-10H2,1H3,(H,19,21);1H. The Bertz CT molecular complexity index is 505. The van der Waals surface area contributed by atoms with Crippen molar-refractivity contribution in [2.24, 2.45) is 0 Å². The fourth-order valence-electron chi connectivity index (χ4n) is 2.60. The molecule has 5 nitrogen and oxygen atoms in total. The molecule has 1 atom stereocenters. The third-order valence-electron chi connectivity index (χ3n) is 3.66. The number of likely N-dealkylation sites (N-methyl/N-ethyl adjacent to an activating group) is 1. The van der Waals surface area contributed by atoms with Crippen molar-refractivity contribution in [3.63, 3.8) is 0 Å². The van der Waals surface area contributed by atoms with Gasteiger partial charge in [0.05, 0.1) is 12.2 Å². The maximum absolute atomic E-state index is 12.3. The molecule has 1 aliphatic rings. The number of para-hydroxylation sites is 2. The zero-order chi connectivity index (χ0) is 15.9. The third-order valence-corrected chi connectivity index (χ3v) is 3.66. The highest BCUT2D eigenvalue weighted by molar-refractivity contribution is 5.93. The molecule has 0 aliphatic carbocycles. The summed E-state index contributed by atoms with van der Waals surface area (Å²) in [5, 5.41) is 5.85. The first-order valence-electron chi connectivity index (χ1n) is 7.32. The number of anilines is 1. The quantitative estimate of drug-likeness (QED) is 0.827. The third kappa shape index (κ3) is 6.29. The Kier molecular flexibility index (Phi) is 8.22. The molecule has 1 aromatic rings. The van der Waals surface area contributed by atoms with Crippen LogP contribution in [0.4, 0.5) is 14.5 Å². The van der Waals surface area contributed by atoms with Crippen LogP contribution in [-0.4, -0.2) is 50.1 Å². The molecule has 1 aliphatic heterocycles. The van der Waals surface area contributed by atoms with Gasteiger partial charge in [-0.1, -0.05) is 12.1 Å². The Morgan fingerprint density at radius 1 is 1.43 bits per heavy atom. The van der Waals surface area contributed by atoms with Gasteiger partial charge >= 0.3 is 6.61 Å². The van der Waals surface area contributed by atoms with Gasteiger partial charge in [-0.05, 0) is 38.6 Å². The van der Waals surface area contributed by atoms with E-state index in [0.717, 1.165) is 25.9 Å². The van der Waals surface area contributed by atoms with Crippen LogP contribution < -0.4 is 15.4 Å². The number of alkyl halides is 2. The zero-order valence-corrected chi connectivity index (χ0v) is 13.7. The van der Waals surface area contributed by atoms with Crippen molar-refractivity contribution in [3.05, 3.63) is 24.3 Å². The summed E-state index contributed by atoms with van der Waals surface area (Å²) in [5.74, 6) is -0.264. The number of hydrogen-bond acceptors (Lipinski definition) is 4. The van der Waals surface area contributed by atoms with E-state index < -0.39 is 6.61 Å².